The van der Waals surface area contributed by atoms with Gasteiger partial charge < -0.3 is 83.5 Å². The van der Waals surface area contributed by atoms with E-state index in [1.165, 1.54) is 14.0 Å². The number of rotatable bonds is 10. The van der Waals surface area contributed by atoms with Gasteiger partial charge in [-0.05, 0) is 78.6 Å². The van der Waals surface area contributed by atoms with Crippen molar-refractivity contribution in [1.82, 2.24) is 0 Å². The van der Waals surface area contributed by atoms with Crippen molar-refractivity contribution in [3.8, 4) is 0 Å². The molecule has 25 unspecified atom stereocenters. The molecular formula is C46H74O18. The number of carbonyl (C=O) groups is 1. The number of ether oxygens (including phenoxy) is 9. The van der Waals surface area contributed by atoms with E-state index >= 15 is 0 Å². The SMILES string of the molecule is COC1CC(OC2C(O)CC(OC3C(O)CC(OC4C(O)CC(OC5CCC6(C)C(=CCC7(O)C6CC(O)C6(C)C(C(C)=O)CC(O)C76O)C5)OC4C)OC3C)OC2C)OC(C)C1O. The number of hydrogen-bond donors (Lipinski definition) is 8. The average molecular weight is 915 g/mol. The minimum absolute atomic E-state index is 0.0257. The van der Waals surface area contributed by atoms with Crippen LogP contribution in [0.4, 0.5) is 0 Å². The number of ketones is 1. The van der Waals surface area contributed by atoms with E-state index in [1.54, 1.807) is 34.6 Å². The predicted octanol–water partition coefficient (Wildman–Crippen LogP) is 0.865. The maximum Gasteiger partial charge on any atom is 0.161 e. The Morgan fingerprint density at radius 3 is 1.64 bits per heavy atom. The van der Waals surface area contributed by atoms with Crippen LogP contribution in [0.1, 0.15) is 113 Å². The van der Waals surface area contributed by atoms with Crippen molar-refractivity contribution in [2.24, 2.45) is 22.7 Å². The van der Waals surface area contributed by atoms with Gasteiger partial charge in [0.15, 0.2) is 25.2 Å². The second-order valence-electron chi connectivity index (χ2n) is 20.8. The highest BCUT2D eigenvalue weighted by atomic mass is 16.8. The molecule has 0 amide bonds. The largest absolute Gasteiger partial charge is 0.392 e. The summed E-state index contributed by atoms with van der Waals surface area (Å²) in [6, 6.07) is 0. The van der Waals surface area contributed by atoms with Gasteiger partial charge in [-0.3, -0.25) is 4.79 Å². The lowest BCUT2D eigenvalue weighted by molar-refractivity contribution is -0.344. The van der Waals surface area contributed by atoms with E-state index < -0.39 is 144 Å². The third-order valence-corrected chi connectivity index (χ3v) is 17.1. The molecule has 4 aliphatic carbocycles. The van der Waals surface area contributed by atoms with Crippen LogP contribution in [0.25, 0.3) is 0 Å². The minimum Gasteiger partial charge on any atom is -0.392 e. The van der Waals surface area contributed by atoms with E-state index in [0.29, 0.717) is 19.3 Å². The zero-order valence-corrected chi connectivity index (χ0v) is 38.4. The Morgan fingerprint density at radius 1 is 0.672 bits per heavy atom. The molecule has 0 aromatic rings. The molecule has 18 heteroatoms. The summed E-state index contributed by atoms with van der Waals surface area (Å²) in [7, 11) is 1.51. The number of fused-ring (bicyclic) bond motifs is 5. The van der Waals surface area contributed by atoms with Gasteiger partial charge in [-0.2, -0.15) is 0 Å². The Bertz CT molecular complexity index is 1670. The lowest BCUT2D eigenvalue weighted by atomic mass is 9.42. The van der Waals surface area contributed by atoms with E-state index in [2.05, 4.69) is 0 Å². The summed E-state index contributed by atoms with van der Waals surface area (Å²) >= 11 is 0. The van der Waals surface area contributed by atoms with Crippen LogP contribution in [-0.2, 0) is 47.4 Å². The molecule has 25 atom stereocenters. The zero-order valence-electron chi connectivity index (χ0n) is 38.4. The molecule has 18 nitrogen and oxygen atoms in total. The van der Waals surface area contributed by atoms with Crippen LogP contribution in [0.3, 0.4) is 0 Å². The van der Waals surface area contributed by atoms with Crippen molar-refractivity contribution >= 4 is 5.78 Å². The molecule has 8 aliphatic rings. The Balaban J connectivity index is 0.819. The van der Waals surface area contributed by atoms with Crippen molar-refractivity contribution in [1.29, 1.82) is 0 Å². The van der Waals surface area contributed by atoms with Gasteiger partial charge in [-0.1, -0.05) is 25.5 Å². The third-order valence-electron chi connectivity index (χ3n) is 17.1. The number of Topliss-reactive ketones (excluding diaryl/α,β-unsaturated/α-hetero) is 1. The minimum atomic E-state index is -2.09. The Hall–Kier alpha value is -1.27. The first-order chi connectivity index (χ1) is 30.0. The fourth-order valence-electron chi connectivity index (χ4n) is 13.4. The average Bonchev–Trinajstić information content (AvgIpc) is 3.45. The van der Waals surface area contributed by atoms with Gasteiger partial charge in [0.2, 0.25) is 0 Å². The summed E-state index contributed by atoms with van der Waals surface area (Å²) in [5, 5.41) is 91.8. The normalized spacial score (nSPS) is 55.5. The van der Waals surface area contributed by atoms with Crippen LogP contribution in [0, 0.1) is 22.7 Å². The van der Waals surface area contributed by atoms with Crippen LogP contribution in [0.2, 0.25) is 0 Å². The van der Waals surface area contributed by atoms with Crippen molar-refractivity contribution in [3.63, 3.8) is 0 Å². The summed E-state index contributed by atoms with van der Waals surface area (Å²) < 4.78 is 54.7. The smallest absolute Gasteiger partial charge is 0.161 e. The van der Waals surface area contributed by atoms with Crippen molar-refractivity contribution < 1.29 is 88.3 Å². The quantitative estimate of drug-likeness (QED) is 0.141. The van der Waals surface area contributed by atoms with E-state index in [4.69, 9.17) is 42.6 Å². The molecule has 7 fully saturated rings. The monoisotopic (exact) mass is 914 g/mol. The number of methoxy groups -OCH3 is 1. The molecule has 64 heavy (non-hydrogen) atoms. The number of aliphatic hydroxyl groups excluding tert-OH is 6. The molecule has 8 rings (SSSR count). The topological polar surface area (TPSA) is 262 Å². The third kappa shape index (κ3) is 8.18. The highest BCUT2D eigenvalue weighted by Gasteiger charge is 2.79. The van der Waals surface area contributed by atoms with Gasteiger partial charge in [-0.15, -0.1) is 0 Å². The van der Waals surface area contributed by atoms with Crippen molar-refractivity contribution in [3.05, 3.63) is 11.6 Å². The molecule has 3 saturated carbocycles. The fourth-order valence-corrected chi connectivity index (χ4v) is 13.4. The van der Waals surface area contributed by atoms with E-state index in [0.717, 1.165) is 5.57 Å². The van der Waals surface area contributed by atoms with Gasteiger partial charge >= 0.3 is 0 Å². The second kappa shape index (κ2) is 18.2. The van der Waals surface area contributed by atoms with E-state index in [9.17, 15) is 45.6 Å². The first kappa shape index (κ1) is 49.2. The fraction of sp³-hybridized carbons (Fsp3) is 0.935. The Kier molecular flexibility index (Phi) is 14.0. The standard InChI is InChI=1S/C46H74O18/c1-20(47)27-14-34(52)46(55)44(27,7)33(51)19-32-43(6)11-10-26(13-25(43)9-12-45(32,46)54)61-35-15-28(48)40(22(3)58-35)62-36-16-29(49)41(23(4)59-36)63-37-17-30(50)42(24(5)60-37)64-38-18-31(56-8)39(53)21(2)57-38/h9,21-24,26-42,48-55H,10-19H2,1-8H3. The van der Waals surface area contributed by atoms with E-state index in [-0.39, 0.29) is 56.8 Å². The van der Waals surface area contributed by atoms with Gasteiger partial charge in [0.1, 0.15) is 41.4 Å². The van der Waals surface area contributed by atoms with Gasteiger partial charge in [0, 0.05) is 50.0 Å². The molecule has 0 radical (unpaired) electrons. The predicted molar refractivity (Wildman–Crippen MR) is 222 cm³/mol. The Morgan fingerprint density at radius 2 is 1.16 bits per heavy atom. The summed E-state index contributed by atoms with van der Waals surface area (Å²) in [5.41, 5.74) is -4.85. The summed E-state index contributed by atoms with van der Waals surface area (Å²) in [6.45, 7) is 12.1. The second-order valence-corrected chi connectivity index (χ2v) is 20.8. The lowest BCUT2D eigenvalue weighted by Crippen LogP contribution is -2.78. The lowest BCUT2D eigenvalue weighted by Gasteiger charge is -2.66. The van der Waals surface area contributed by atoms with Crippen LogP contribution in [-0.4, -0.2) is 182 Å². The van der Waals surface area contributed by atoms with Gasteiger partial charge in [0.25, 0.3) is 0 Å². The first-order valence-electron chi connectivity index (χ1n) is 23.5. The van der Waals surface area contributed by atoms with Crippen LogP contribution < -0.4 is 0 Å². The molecule has 0 spiro atoms. The van der Waals surface area contributed by atoms with Gasteiger partial charge in [-0.25, -0.2) is 0 Å². The number of hydrogen-bond acceptors (Lipinski definition) is 18. The van der Waals surface area contributed by atoms with Crippen LogP contribution in [0.5, 0.6) is 0 Å². The summed E-state index contributed by atoms with van der Waals surface area (Å²) in [4.78, 5) is 12.7. The molecule has 4 heterocycles. The van der Waals surface area contributed by atoms with Gasteiger partial charge in [0.05, 0.1) is 67.1 Å². The number of carbonyl (C=O) groups excluding carboxylic acids is 1. The maximum absolute atomic E-state index is 12.7. The Labute approximate surface area is 375 Å². The van der Waals surface area contributed by atoms with E-state index in [1.807, 2.05) is 13.0 Å². The maximum atomic E-state index is 12.7. The highest BCUT2D eigenvalue weighted by Crippen LogP contribution is 2.69. The van der Waals surface area contributed by atoms with Crippen LogP contribution in [0.15, 0.2) is 11.6 Å². The molecular weight excluding hydrogens is 840 g/mol. The first-order valence-corrected chi connectivity index (χ1v) is 23.5. The summed E-state index contributed by atoms with van der Waals surface area (Å²) in [6.07, 6.45) is -10.5. The molecule has 366 valence electrons. The molecule has 0 bridgehead atoms. The molecule has 0 aromatic heterocycles. The zero-order chi connectivity index (χ0) is 46.4. The highest BCUT2D eigenvalue weighted by molar-refractivity contribution is 5.80. The number of aliphatic hydroxyl groups is 8. The van der Waals surface area contributed by atoms with Crippen LogP contribution >= 0.6 is 0 Å². The molecule has 4 aliphatic heterocycles. The van der Waals surface area contributed by atoms with Crippen molar-refractivity contribution in [2.45, 2.75) is 241 Å². The van der Waals surface area contributed by atoms with Crippen molar-refractivity contribution in [2.75, 3.05) is 7.11 Å². The molecule has 8 N–H and O–H groups in total. The summed E-state index contributed by atoms with van der Waals surface area (Å²) in [5.74, 6) is -1.60. The molecule has 4 saturated heterocycles. The molecule has 0 aromatic carbocycles.